The van der Waals surface area contributed by atoms with E-state index in [1.807, 2.05) is 43.3 Å². The highest BCUT2D eigenvalue weighted by atomic mass is 35.5. The second kappa shape index (κ2) is 14.3. The minimum Gasteiger partial charge on any atom is -0.354 e. The zero-order chi connectivity index (χ0) is 25.9. The molecule has 1 N–H and O–H groups in total. The Labute approximate surface area is 226 Å². The molecule has 36 heavy (non-hydrogen) atoms. The molecular formula is C28H29Cl2FN2O2S. The molecule has 1 unspecified atom stereocenters. The summed E-state index contributed by atoms with van der Waals surface area (Å²) in [7, 11) is 0. The van der Waals surface area contributed by atoms with Crippen molar-refractivity contribution in [3.05, 3.63) is 105 Å². The number of benzene rings is 3. The molecule has 3 aromatic carbocycles. The zero-order valence-corrected chi connectivity index (χ0v) is 22.4. The number of hydrogen-bond acceptors (Lipinski definition) is 3. The van der Waals surface area contributed by atoms with E-state index in [4.69, 9.17) is 23.2 Å². The second-order valence-electron chi connectivity index (χ2n) is 8.39. The molecule has 3 rings (SSSR count). The Morgan fingerprint density at radius 1 is 0.944 bits per heavy atom. The van der Waals surface area contributed by atoms with Gasteiger partial charge in [-0.15, -0.1) is 11.8 Å². The van der Waals surface area contributed by atoms with Crippen LogP contribution in [0.25, 0.3) is 0 Å². The van der Waals surface area contributed by atoms with Crippen LogP contribution in [0.2, 0.25) is 10.0 Å². The van der Waals surface area contributed by atoms with E-state index < -0.39 is 6.04 Å². The van der Waals surface area contributed by atoms with Gasteiger partial charge in [-0.3, -0.25) is 9.59 Å². The lowest BCUT2D eigenvalue weighted by molar-refractivity contribution is -0.139. The van der Waals surface area contributed by atoms with Crippen LogP contribution in [0.4, 0.5) is 4.39 Å². The van der Waals surface area contributed by atoms with Gasteiger partial charge in [0.05, 0.1) is 15.8 Å². The van der Waals surface area contributed by atoms with Crippen LogP contribution in [0, 0.1) is 5.82 Å². The van der Waals surface area contributed by atoms with Gasteiger partial charge in [0.15, 0.2) is 0 Å². The molecule has 0 saturated carbocycles. The molecule has 1 atom stereocenters. The van der Waals surface area contributed by atoms with Crippen LogP contribution in [-0.2, 0) is 28.3 Å². The summed E-state index contributed by atoms with van der Waals surface area (Å²) in [6, 6.07) is 20.3. The summed E-state index contributed by atoms with van der Waals surface area (Å²) in [5, 5.41) is 3.90. The normalized spacial score (nSPS) is 11.7. The van der Waals surface area contributed by atoms with Gasteiger partial charge in [0, 0.05) is 25.3 Å². The van der Waals surface area contributed by atoms with Crippen LogP contribution < -0.4 is 5.32 Å². The summed E-state index contributed by atoms with van der Waals surface area (Å²) in [4.78, 5) is 28.4. The largest absolute Gasteiger partial charge is 0.354 e. The van der Waals surface area contributed by atoms with Crippen molar-refractivity contribution in [2.24, 2.45) is 0 Å². The maximum absolute atomic E-state index is 13.5. The van der Waals surface area contributed by atoms with Crippen molar-refractivity contribution >= 4 is 46.8 Å². The van der Waals surface area contributed by atoms with E-state index >= 15 is 0 Å². The Morgan fingerprint density at radius 3 is 2.31 bits per heavy atom. The highest BCUT2D eigenvalue weighted by molar-refractivity contribution is 7.99. The van der Waals surface area contributed by atoms with E-state index in [-0.39, 0.29) is 29.9 Å². The van der Waals surface area contributed by atoms with Crippen LogP contribution in [-0.4, -0.2) is 35.1 Å². The quantitative estimate of drug-likeness (QED) is 0.281. The monoisotopic (exact) mass is 546 g/mol. The van der Waals surface area contributed by atoms with E-state index in [2.05, 4.69) is 5.32 Å². The molecule has 8 heteroatoms. The first-order chi connectivity index (χ1) is 17.4. The number of carbonyl (C=O) groups excluding carboxylic acids is 2. The van der Waals surface area contributed by atoms with Crippen LogP contribution >= 0.6 is 35.0 Å². The van der Waals surface area contributed by atoms with Crippen molar-refractivity contribution in [3.63, 3.8) is 0 Å². The molecular weight excluding hydrogens is 518 g/mol. The van der Waals surface area contributed by atoms with Gasteiger partial charge in [-0.1, -0.05) is 78.7 Å². The minimum atomic E-state index is -0.706. The summed E-state index contributed by atoms with van der Waals surface area (Å²) in [6.07, 6.45) is 1.16. The van der Waals surface area contributed by atoms with Gasteiger partial charge in [0.25, 0.3) is 0 Å². The number of nitrogens with zero attached hydrogens (tertiary/aromatic N) is 1. The molecule has 0 aliphatic heterocycles. The molecule has 190 valence electrons. The number of carbonyl (C=O) groups is 2. The number of amides is 2. The molecule has 0 spiro atoms. The first kappa shape index (κ1) is 28.0. The Balaban J connectivity index is 1.82. The molecule has 3 aromatic rings. The van der Waals surface area contributed by atoms with E-state index in [0.29, 0.717) is 28.8 Å². The third kappa shape index (κ3) is 8.54. The second-order valence-corrected chi connectivity index (χ2v) is 10.2. The molecule has 0 aliphatic rings. The summed E-state index contributed by atoms with van der Waals surface area (Å²) >= 11 is 13.6. The number of rotatable bonds is 12. The fourth-order valence-electron chi connectivity index (χ4n) is 3.68. The molecule has 0 radical (unpaired) electrons. The van der Waals surface area contributed by atoms with Crippen molar-refractivity contribution in [1.82, 2.24) is 10.2 Å². The lowest BCUT2D eigenvalue weighted by atomic mass is 10.0. The molecule has 0 aliphatic carbocycles. The van der Waals surface area contributed by atoms with Crippen LogP contribution in [0.15, 0.2) is 72.8 Å². The molecule has 2 amide bonds. The fourth-order valence-corrected chi connectivity index (χ4v) is 4.85. The minimum absolute atomic E-state index is 0.169. The fraction of sp³-hybridized carbons (Fsp3) is 0.286. The van der Waals surface area contributed by atoms with Gasteiger partial charge in [0.1, 0.15) is 11.9 Å². The molecule has 0 aromatic heterocycles. The topological polar surface area (TPSA) is 49.4 Å². The van der Waals surface area contributed by atoms with Crippen LogP contribution in [0.5, 0.6) is 0 Å². The summed E-state index contributed by atoms with van der Waals surface area (Å²) in [6.45, 7) is 2.70. The third-order valence-corrected chi connectivity index (χ3v) is 7.29. The highest BCUT2D eigenvalue weighted by Gasteiger charge is 2.30. The summed E-state index contributed by atoms with van der Waals surface area (Å²) < 4.78 is 13.5. The van der Waals surface area contributed by atoms with Crippen molar-refractivity contribution in [1.29, 1.82) is 0 Å². The molecule has 0 saturated heterocycles. The van der Waals surface area contributed by atoms with Gasteiger partial charge in [-0.25, -0.2) is 4.39 Å². The van der Waals surface area contributed by atoms with Crippen molar-refractivity contribution < 1.29 is 14.0 Å². The predicted molar refractivity (Wildman–Crippen MR) is 147 cm³/mol. The first-order valence-electron chi connectivity index (χ1n) is 11.7. The van der Waals surface area contributed by atoms with Crippen molar-refractivity contribution in [2.75, 3.05) is 12.3 Å². The number of thioether (sulfide) groups is 1. The predicted octanol–water partition coefficient (Wildman–Crippen LogP) is 6.53. The number of hydrogen-bond donors (Lipinski definition) is 1. The van der Waals surface area contributed by atoms with Crippen LogP contribution in [0.1, 0.15) is 30.0 Å². The van der Waals surface area contributed by atoms with E-state index in [1.54, 1.807) is 29.2 Å². The van der Waals surface area contributed by atoms with Gasteiger partial charge >= 0.3 is 0 Å². The average Bonchev–Trinajstić information content (AvgIpc) is 2.88. The third-order valence-electron chi connectivity index (χ3n) is 5.56. The maximum atomic E-state index is 13.5. The smallest absolute Gasteiger partial charge is 0.243 e. The van der Waals surface area contributed by atoms with Crippen molar-refractivity contribution in [2.45, 2.75) is 38.1 Å². The molecule has 0 bridgehead atoms. The number of nitrogens with one attached hydrogen (secondary N) is 1. The SMILES string of the molecule is CCCNC(=O)C(Cc1ccccc1)N(Cc1ccc(F)cc1)C(=O)CSCc1ccc(Cl)c(Cl)c1. The Bertz CT molecular complexity index is 1150. The van der Waals surface area contributed by atoms with Gasteiger partial charge in [-0.2, -0.15) is 0 Å². The van der Waals surface area contributed by atoms with Crippen LogP contribution in [0.3, 0.4) is 0 Å². The molecule has 0 heterocycles. The lowest BCUT2D eigenvalue weighted by Gasteiger charge is -2.31. The molecule has 4 nitrogen and oxygen atoms in total. The van der Waals surface area contributed by atoms with Gasteiger partial charge < -0.3 is 10.2 Å². The lowest BCUT2D eigenvalue weighted by Crippen LogP contribution is -2.51. The Kier molecular flexibility index (Phi) is 11.1. The van der Waals surface area contributed by atoms with E-state index in [9.17, 15) is 14.0 Å². The summed E-state index contributed by atoms with van der Waals surface area (Å²) in [5.41, 5.74) is 2.66. The standard InChI is InChI=1S/C28H29Cl2FN2O2S/c1-2-14-32-28(35)26(16-20-6-4-3-5-7-20)33(17-21-8-11-23(31)12-9-21)27(34)19-36-18-22-10-13-24(29)25(30)15-22/h3-13,15,26H,2,14,16-19H2,1H3,(H,32,35). The van der Waals surface area contributed by atoms with E-state index in [0.717, 1.165) is 23.1 Å². The summed E-state index contributed by atoms with van der Waals surface area (Å²) in [5.74, 6) is 0.0181. The first-order valence-corrected chi connectivity index (χ1v) is 13.7. The van der Waals surface area contributed by atoms with Gasteiger partial charge in [-0.05, 0) is 47.4 Å². The maximum Gasteiger partial charge on any atom is 0.243 e. The average molecular weight is 548 g/mol. The molecule has 0 fully saturated rings. The number of halogens is 3. The highest BCUT2D eigenvalue weighted by Crippen LogP contribution is 2.25. The Morgan fingerprint density at radius 2 is 1.64 bits per heavy atom. The van der Waals surface area contributed by atoms with Crippen molar-refractivity contribution in [3.8, 4) is 0 Å². The van der Waals surface area contributed by atoms with E-state index in [1.165, 1.54) is 23.9 Å². The Hall–Kier alpha value is -2.54. The zero-order valence-electron chi connectivity index (χ0n) is 20.1. The van der Waals surface area contributed by atoms with Gasteiger partial charge in [0.2, 0.25) is 11.8 Å².